The van der Waals surface area contributed by atoms with Crippen molar-refractivity contribution in [2.75, 3.05) is 23.3 Å². The molecule has 0 aromatic carbocycles. The Balaban J connectivity index is 2.21. The molecule has 1 aliphatic heterocycles. The molecule has 0 radical (unpaired) electrons. The monoisotopic (exact) mass is 332 g/mol. The lowest BCUT2D eigenvalue weighted by atomic mass is 10.1. The van der Waals surface area contributed by atoms with Crippen molar-refractivity contribution in [2.45, 2.75) is 25.7 Å². The molecule has 6 heteroatoms. The number of alkyl halides is 3. The van der Waals surface area contributed by atoms with Crippen LogP contribution in [-0.4, -0.2) is 35.1 Å². The second-order valence-electron chi connectivity index (χ2n) is 4.79. The molecule has 0 bridgehead atoms. The minimum absolute atomic E-state index is 0.104. The zero-order valence-corrected chi connectivity index (χ0v) is 12.2. The van der Waals surface area contributed by atoms with Gasteiger partial charge >= 0.3 is 0 Å². The second kappa shape index (κ2) is 5.53. The highest BCUT2D eigenvalue weighted by Crippen LogP contribution is 2.30. The average Bonchev–Trinajstić information content (AvgIpc) is 2.37. The maximum atomic E-state index is 13.1. The molecule has 1 saturated heterocycles. The van der Waals surface area contributed by atoms with Crippen LogP contribution in [0.4, 0.5) is 14.6 Å². The van der Waals surface area contributed by atoms with Crippen LogP contribution in [0.2, 0.25) is 0 Å². The summed E-state index contributed by atoms with van der Waals surface area (Å²) in [5.41, 5.74) is 1.29. The average molecular weight is 333 g/mol. The normalized spacial score (nSPS) is 18.4. The first-order chi connectivity index (χ1) is 8.91. The minimum atomic E-state index is -2.57. The Morgan fingerprint density at radius 1 is 1.42 bits per heavy atom. The van der Waals surface area contributed by atoms with Crippen molar-refractivity contribution >= 4 is 27.5 Å². The molecule has 1 fully saturated rings. The highest BCUT2D eigenvalue weighted by molar-refractivity contribution is 9.09. The van der Waals surface area contributed by atoms with Crippen LogP contribution in [0.25, 0.3) is 0 Å². The number of aromatic nitrogens is 1. The molecule has 2 rings (SSSR count). The van der Waals surface area contributed by atoms with Gasteiger partial charge in [0.15, 0.2) is 5.78 Å². The molecular formula is C13H15BrF2N2O. The molecule has 1 aromatic rings. The van der Waals surface area contributed by atoms with Crippen molar-refractivity contribution < 1.29 is 13.6 Å². The highest BCUT2D eigenvalue weighted by Gasteiger charge is 2.34. The Kier molecular flexibility index (Phi) is 4.18. The Morgan fingerprint density at radius 3 is 2.63 bits per heavy atom. The Morgan fingerprint density at radius 2 is 2.05 bits per heavy atom. The topological polar surface area (TPSA) is 33.2 Å². The largest absolute Gasteiger partial charge is 0.356 e. The van der Waals surface area contributed by atoms with Crippen LogP contribution in [0.1, 0.15) is 28.9 Å². The molecule has 0 spiro atoms. The number of carbonyl (C=O) groups excluding carboxylic acids is 1. The summed E-state index contributed by atoms with van der Waals surface area (Å²) in [4.78, 5) is 17.7. The summed E-state index contributed by atoms with van der Waals surface area (Å²) in [6.45, 7) is 2.41. The molecule has 19 heavy (non-hydrogen) atoms. The third-order valence-electron chi connectivity index (χ3n) is 3.18. The van der Waals surface area contributed by atoms with Crippen molar-refractivity contribution in [3.05, 3.63) is 23.4 Å². The molecular weight excluding hydrogens is 318 g/mol. The molecule has 0 atom stereocenters. The van der Waals surface area contributed by atoms with Crippen LogP contribution in [0.5, 0.6) is 0 Å². The fourth-order valence-electron chi connectivity index (χ4n) is 2.09. The van der Waals surface area contributed by atoms with Gasteiger partial charge in [-0.15, -0.1) is 0 Å². The van der Waals surface area contributed by atoms with E-state index in [1.807, 2.05) is 17.9 Å². The lowest BCUT2D eigenvalue weighted by Crippen LogP contribution is -2.39. The van der Waals surface area contributed by atoms with Crippen molar-refractivity contribution in [3.8, 4) is 0 Å². The first-order valence-electron chi connectivity index (χ1n) is 6.12. The van der Waals surface area contributed by atoms with Gasteiger partial charge in [-0.3, -0.25) is 4.79 Å². The number of rotatable bonds is 3. The predicted octanol–water partition coefficient (Wildman–Crippen LogP) is 3.20. The third-order valence-corrected chi connectivity index (χ3v) is 3.69. The highest BCUT2D eigenvalue weighted by atomic mass is 79.9. The van der Waals surface area contributed by atoms with Crippen LogP contribution in [-0.2, 0) is 0 Å². The van der Waals surface area contributed by atoms with Gasteiger partial charge in [-0.2, -0.15) is 0 Å². The van der Waals surface area contributed by atoms with Crippen molar-refractivity contribution in [1.29, 1.82) is 0 Å². The SMILES string of the molecule is Cc1cc(C(=O)CBr)nc(N2CCC(F)(F)CC2)c1. The van der Waals surface area contributed by atoms with Gasteiger partial charge in [0.1, 0.15) is 11.5 Å². The minimum Gasteiger partial charge on any atom is -0.356 e. The molecule has 0 saturated carbocycles. The van der Waals surface area contributed by atoms with E-state index in [4.69, 9.17) is 0 Å². The quantitative estimate of drug-likeness (QED) is 0.629. The number of nitrogens with zero attached hydrogens (tertiary/aromatic N) is 2. The molecule has 0 aliphatic carbocycles. The van der Waals surface area contributed by atoms with E-state index in [0.29, 0.717) is 11.5 Å². The van der Waals surface area contributed by atoms with E-state index in [9.17, 15) is 13.6 Å². The number of Topliss-reactive ketones (excluding diaryl/α,β-unsaturated/α-hetero) is 1. The summed E-state index contributed by atoms with van der Waals surface area (Å²) in [6, 6.07) is 3.54. The number of hydrogen-bond donors (Lipinski definition) is 0. The second-order valence-corrected chi connectivity index (χ2v) is 5.35. The van der Waals surface area contributed by atoms with Crippen LogP contribution < -0.4 is 4.90 Å². The first kappa shape index (κ1) is 14.4. The molecule has 3 nitrogen and oxygen atoms in total. The number of ketones is 1. The summed E-state index contributed by atoms with van der Waals surface area (Å²) in [7, 11) is 0. The van der Waals surface area contributed by atoms with E-state index >= 15 is 0 Å². The van der Waals surface area contributed by atoms with Gasteiger partial charge in [-0.1, -0.05) is 15.9 Å². The van der Waals surface area contributed by atoms with Gasteiger partial charge in [0, 0.05) is 25.9 Å². The maximum absolute atomic E-state index is 13.1. The van der Waals surface area contributed by atoms with Gasteiger partial charge in [0.2, 0.25) is 0 Å². The van der Waals surface area contributed by atoms with Crippen LogP contribution in [0.15, 0.2) is 12.1 Å². The molecule has 0 N–H and O–H groups in total. The van der Waals surface area contributed by atoms with Crippen molar-refractivity contribution in [2.24, 2.45) is 0 Å². The predicted molar refractivity (Wildman–Crippen MR) is 73.5 cm³/mol. The van der Waals surface area contributed by atoms with Crippen LogP contribution in [0.3, 0.4) is 0 Å². The lowest BCUT2D eigenvalue weighted by molar-refractivity contribution is -0.0221. The summed E-state index contributed by atoms with van der Waals surface area (Å²) >= 11 is 3.11. The lowest BCUT2D eigenvalue weighted by Gasteiger charge is -2.32. The van der Waals surface area contributed by atoms with Gasteiger partial charge < -0.3 is 4.90 Å². The van der Waals surface area contributed by atoms with Crippen molar-refractivity contribution in [1.82, 2.24) is 4.98 Å². The molecule has 104 valence electrons. The Labute approximate surface area is 119 Å². The van der Waals surface area contributed by atoms with E-state index in [1.54, 1.807) is 6.07 Å². The summed E-state index contributed by atoms with van der Waals surface area (Å²) in [6.07, 6.45) is -0.325. The number of piperidine rings is 1. The molecule has 0 unspecified atom stereocenters. The van der Waals surface area contributed by atoms with Crippen LogP contribution in [0, 0.1) is 6.92 Å². The van der Waals surface area contributed by atoms with Gasteiger partial charge in [-0.05, 0) is 24.6 Å². The molecule has 1 aliphatic rings. The van der Waals surface area contributed by atoms with Gasteiger partial charge in [0.25, 0.3) is 5.92 Å². The third kappa shape index (κ3) is 3.49. The number of hydrogen-bond acceptors (Lipinski definition) is 3. The van der Waals surface area contributed by atoms with Gasteiger partial charge in [-0.25, -0.2) is 13.8 Å². The number of anilines is 1. The smallest absolute Gasteiger partial charge is 0.251 e. The zero-order valence-electron chi connectivity index (χ0n) is 10.6. The fraction of sp³-hybridized carbons (Fsp3) is 0.538. The summed E-state index contributed by atoms with van der Waals surface area (Å²) < 4.78 is 26.3. The summed E-state index contributed by atoms with van der Waals surface area (Å²) in [5.74, 6) is -2.07. The van der Waals surface area contributed by atoms with E-state index < -0.39 is 5.92 Å². The number of aryl methyl sites for hydroxylation is 1. The van der Waals surface area contributed by atoms with E-state index in [-0.39, 0.29) is 37.0 Å². The summed E-state index contributed by atoms with van der Waals surface area (Å²) in [5, 5.41) is 0.209. The number of carbonyl (C=O) groups is 1. The zero-order chi connectivity index (χ0) is 14.0. The van der Waals surface area contributed by atoms with E-state index in [1.165, 1.54) is 0 Å². The Hall–Kier alpha value is -1.04. The molecule has 0 amide bonds. The molecule has 1 aromatic heterocycles. The van der Waals surface area contributed by atoms with Crippen LogP contribution >= 0.6 is 15.9 Å². The van der Waals surface area contributed by atoms with E-state index in [0.717, 1.165) is 5.56 Å². The first-order valence-corrected chi connectivity index (χ1v) is 7.24. The number of pyridine rings is 1. The van der Waals surface area contributed by atoms with Gasteiger partial charge in [0.05, 0.1) is 5.33 Å². The van der Waals surface area contributed by atoms with Crippen molar-refractivity contribution in [3.63, 3.8) is 0 Å². The standard InChI is InChI=1S/C13H15BrF2N2O/c1-9-6-10(11(19)8-14)17-12(7-9)18-4-2-13(15,16)3-5-18/h6-7H,2-5,8H2,1H3. The molecule has 2 heterocycles. The number of halogens is 3. The fourth-order valence-corrected chi connectivity index (χ4v) is 2.37. The van der Waals surface area contributed by atoms with E-state index in [2.05, 4.69) is 20.9 Å². The Bertz CT molecular complexity index is 484. The maximum Gasteiger partial charge on any atom is 0.251 e.